The van der Waals surface area contributed by atoms with Crippen LogP contribution in [0.5, 0.6) is 0 Å². The molecule has 1 aromatic carbocycles. The lowest BCUT2D eigenvalue weighted by molar-refractivity contribution is 0.525. The molecule has 0 aliphatic heterocycles. The number of benzene rings is 1. The number of nitrogens with zero attached hydrogens (tertiary/aromatic N) is 1. The van der Waals surface area contributed by atoms with Gasteiger partial charge in [0.05, 0.1) is 0 Å². The lowest BCUT2D eigenvalue weighted by atomic mass is 10.2. The van der Waals surface area contributed by atoms with Gasteiger partial charge in [-0.05, 0) is 23.8 Å². The summed E-state index contributed by atoms with van der Waals surface area (Å²) in [5.41, 5.74) is 5.38. The van der Waals surface area contributed by atoms with Crippen molar-refractivity contribution in [1.29, 1.82) is 0 Å². The summed E-state index contributed by atoms with van der Waals surface area (Å²) in [7, 11) is -4.11. The molecule has 0 unspecified atom stereocenters. The number of pyridine rings is 1. The van der Waals surface area contributed by atoms with E-state index in [0.717, 1.165) is 12.1 Å². The first kappa shape index (κ1) is 15.5. The van der Waals surface area contributed by atoms with Crippen molar-refractivity contribution in [2.45, 2.75) is 18.0 Å². The topological polar surface area (TPSA) is 85.1 Å². The maximum absolute atomic E-state index is 14.0. The summed E-state index contributed by atoms with van der Waals surface area (Å²) in [5.74, 6) is -2.04. The van der Waals surface area contributed by atoms with Gasteiger partial charge in [0.1, 0.15) is 10.7 Å². The predicted molar refractivity (Wildman–Crippen MR) is 72.5 cm³/mol. The minimum absolute atomic E-state index is 0.0506. The first-order chi connectivity index (χ1) is 9.95. The van der Waals surface area contributed by atoms with Crippen LogP contribution in [0, 0.1) is 11.6 Å². The smallest absolute Gasteiger partial charge is 0.243 e. The third kappa shape index (κ3) is 3.41. The summed E-state index contributed by atoms with van der Waals surface area (Å²) < 4.78 is 53.7. The van der Waals surface area contributed by atoms with E-state index < -0.39 is 38.7 Å². The summed E-state index contributed by atoms with van der Waals surface area (Å²) in [6, 6.07) is 5.07. The fourth-order valence-corrected chi connectivity index (χ4v) is 2.85. The van der Waals surface area contributed by atoms with Crippen molar-refractivity contribution >= 4 is 10.0 Å². The SMILES string of the molecule is NCc1c(F)ccc(S(=O)(=O)NCc2cccnc2)c1F. The number of hydrogen-bond acceptors (Lipinski definition) is 4. The fraction of sp³-hybridized carbons (Fsp3) is 0.154. The Morgan fingerprint density at radius 1 is 1.24 bits per heavy atom. The van der Waals surface area contributed by atoms with Crippen molar-refractivity contribution in [1.82, 2.24) is 9.71 Å². The predicted octanol–water partition coefficient (Wildman–Crippen LogP) is 1.30. The third-order valence-electron chi connectivity index (χ3n) is 2.83. The molecule has 1 heterocycles. The van der Waals surface area contributed by atoms with Gasteiger partial charge in [0.15, 0.2) is 5.82 Å². The monoisotopic (exact) mass is 313 g/mol. The Hall–Kier alpha value is -1.90. The number of sulfonamides is 1. The van der Waals surface area contributed by atoms with Crippen molar-refractivity contribution in [3.8, 4) is 0 Å². The van der Waals surface area contributed by atoms with E-state index in [1.165, 1.54) is 6.20 Å². The van der Waals surface area contributed by atoms with Crippen LogP contribution in [0.15, 0.2) is 41.6 Å². The highest BCUT2D eigenvalue weighted by atomic mass is 32.2. The van der Waals surface area contributed by atoms with E-state index in [4.69, 9.17) is 5.73 Å². The molecule has 0 amide bonds. The zero-order valence-electron chi connectivity index (χ0n) is 10.9. The average molecular weight is 313 g/mol. The van der Waals surface area contributed by atoms with Gasteiger partial charge >= 0.3 is 0 Å². The van der Waals surface area contributed by atoms with Crippen molar-refractivity contribution < 1.29 is 17.2 Å². The standard InChI is InChI=1S/C13H13F2N3O2S/c14-11-3-4-12(13(15)10(11)6-16)21(19,20)18-8-9-2-1-5-17-7-9/h1-5,7,18H,6,8,16H2. The van der Waals surface area contributed by atoms with E-state index in [1.807, 2.05) is 0 Å². The number of halogens is 2. The largest absolute Gasteiger partial charge is 0.326 e. The average Bonchev–Trinajstić information content (AvgIpc) is 2.46. The van der Waals surface area contributed by atoms with Gasteiger partial charge in [-0.25, -0.2) is 21.9 Å². The van der Waals surface area contributed by atoms with Gasteiger partial charge in [-0.1, -0.05) is 6.07 Å². The molecule has 0 atom stereocenters. The van der Waals surface area contributed by atoms with E-state index in [1.54, 1.807) is 18.3 Å². The molecular formula is C13H13F2N3O2S. The number of hydrogen-bond donors (Lipinski definition) is 2. The van der Waals surface area contributed by atoms with Crippen molar-refractivity contribution in [2.75, 3.05) is 0 Å². The summed E-state index contributed by atoms with van der Waals surface area (Å²) in [5, 5.41) is 0. The van der Waals surface area contributed by atoms with Crippen molar-refractivity contribution in [2.24, 2.45) is 5.73 Å². The zero-order valence-corrected chi connectivity index (χ0v) is 11.7. The van der Waals surface area contributed by atoms with Crippen LogP contribution in [0.25, 0.3) is 0 Å². The Bertz CT molecular complexity index is 737. The maximum Gasteiger partial charge on any atom is 0.243 e. The van der Waals surface area contributed by atoms with Crippen LogP contribution in [0.2, 0.25) is 0 Å². The van der Waals surface area contributed by atoms with Gasteiger partial charge in [-0.3, -0.25) is 4.98 Å². The van der Waals surface area contributed by atoms with E-state index in [9.17, 15) is 17.2 Å². The van der Waals surface area contributed by atoms with Gasteiger partial charge in [0, 0.05) is 31.0 Å². The van der Waals surface area contributed by atoms with E-state index in [0.29, 0.717) is 5.56 Å². The Morgan fingerprint density at radius 2 is 2.00 bits per heavy atom. The molecule has 0 spiro atoms. The minimum atomic E-state index is -4.11. The third-order valence-corrected chi connectivity index (χ3v) is 4.25. The van der Waals surface area contributed by atoms with Crippen molar-refractivity contribution in [3.05, 3.63) is 59.4 Å². The number of rotatable bonds is 5. The van der Waals surface area contributed by atoms with Gasteiger partial charge < -0.3 is 5.73 Å². The maximum atomic E-state index is 14.0. The number of nitrogens with one attached hydrogen (secondary N) is 1. The minimum Gasteiger partial charge on any atom is -0.326 e. The van der Waals surface area contributed by atoms with Gasteiger partial charge in [-0.15, -0.1) is 0 Å². The molecule has 0 aliphatic rings. The molecule has 21 heavy (non-hydrogen) atoms. The molecule has 0 bridgehead atoms. The molecule has 3 N–H and O–H groups in total. The van der Waals surface area contributed by atoms with Crippen LogP contribution in [0.1, 0.15) is 11.1 Å². The molecule has 0 aliphatic carbocycles. The molecule has 2 rings (SSSR count). The first-order valence-corrected chi connectivity index (χ1v) is 7.49. The van der Waals surface area contributed by atoms with Crippen LogP contribution in [0.3, 0.4) is 0 Å². The van der Waals surface area contributed by atoms with Crippen LogP contribution < -0.4 is 10.5 Å². The molecular weight excluding hydrogens is 300 g/mol. The van der Waals surface area contributed by atoms with Gasteiger partial charge in [-0.2, -0.15) is 0 Å². The highest BCUT2D eigenvalue weighted by Crippen LogP contribution is 2.20. The highest BCUT2D eigenvalue weighted by Gasteiger charge is 2.22. The lowest BCUT2D eigenvalue weighted by Gasteiger charge is -2.10. The molecule has 0 saturated carbocycles. The molecule has 5 nitrogen and oxygen atoms in total. The Morgan fingerprint density at radius 3 is 2.62 bits per heavy atom. The normalized spacial score (nSPS) is 11.6. The first-order valence-electron chi connectivity index (χ1n) is 6.01. The molecule has 1 aromatic heterocycles. The highest BCUT2D eigenvalue weighted by molar-refractivity contribution is 7.89. The van der Waals surface area contributed by atoms with Crippen LogP contribution in [0.4, 0.5) is 8.78 Å². The Balaban J connectivity index is 2.28. The van der Waals surface area contributed by atoms with Crippen LogP contribution >= 0.6 is 0 Å². The number of nitrogens with two attached hydrogens (primary N) is 1. The molecule has 0 radical (unpaired) electrons. The lowest BCUT2D eigenvalue weighted by Crippen LogP contribution is -2.25. The molecule has 0 fully saturated rings. The quantitative estimate of drug-likeness (QED) is 0.871. The van der Waals surface area contributed by atoms with E-state index in [2.05, 4.69) is 9.71 Å². The summed E-state index contributed by atoms with van der Waals surface area (Å²) in [6.07, 6.45) is 3.03. The Labute approximate surface area is 120 Å². The van der Waals surface area contributed by atoms with Crippen molar-refractivity contribution in [3.63, 3.8) is 0 Å². The summed E-state index contributed by atoms with van der Waals surface area (Å²) in [4.78, 5) is 3.21. The van der Waals surface area contributed by atoms with Crippen LogP contribution in [-0.2, 0) is 23.1 Å². The molecule has 8 heteroatoms. The van der Waals surface area contributed by atoms with Gasteiger partial charge in [0.2, 0.25) is 10.0 Å². The van der Waals surface area contributed by atoms with Crippen LogP contribution in [-0.4, -0.2) is 13.4 Å². The summed E-state index contributed by atoms with van der Waals surface area (Å²) >= 11 is 0. The van der Waals surface area contributed by atoms with Gasteiger partial charge in [0.25, 0.3) is 0 Å². The second-order valence-electron chi connectivity index (χ2n) is 4.23. The fourth-order valence-electron chi connectivity index (χ4n) is 1.73. The zero-order chi connectivity index (χ0) is 15.5. The van der Waals surface area contributed by atoms with E-state index >= 15 is 0 Å². The summed E-state index contributed by atoms with van der Waals surface area (Å²) in [6.45, 7) is -0.478. The molecule has 112 valence electrons. The number of aromatic nitrogens is 1. The second kappa shape index (κ2) is 6.25. The van der Waals surface area contributed by atoms with E-state index in [-0.39, 0.29) is 6.54 Å². The Kier molecular flexibility index (Phi) is 4.61. The molecule has 2 aromatic rings. The second-order valence-corrected chi connectivity index (χ2v) is 5.96. The molecule has 0 saturated heterocycles.